The standard InChI is InChI=1S/C12H19NO3/c1-9(14)7-11-3-2-5-13(11)12(15)10-4-6-16-8-10/h10-11H,2-8H2,1H3. The van der Waals surface area contributed by atoms with Crippen molar-refractivity contribution in [3.8, 4) is 0 Å². The lowest BCUT2D eigenvalue weighted by molar-refractivity contribution is -0.136. The lowest BCUT2D eigenvalue weighted by Gasteiger charge is -2.26. The van der Waals surface area contributed by atoms with E-state index in [1.165, 1.54) is 0 Å². The molecule has 0 aliphatic carbocycles. The molecule has 2 aliphatic rings. The van der Waals surface area contributed by atoms with Gasteiger partial charge >= 0.3 is 0 Å². The average Bonchev–Trinajstić information content (AvgIpc) is 2.84. The summed E-state index contributed by atoms with van der Waals surface area (Å²) in [5.74, 6) is 0.404. The summed E-state index contributed by atoms with van der Waals surface area (Å²) in [6.45, 7) is 3.66. The largest absolute Gasteiger partial charge is 0.381 e. The van der Waals surface area contributed by atoms with Crippen molar-refractivity contribution in [2.45, 2.75) is 38.6 Å². The fourth-order valence-corrected chi connectivity index (χ4v) is 2.63. The number of carbonyl (C=O) groups is 2. The predicted octanol–water partition coefficient (Wildman–Crippen LogP) is 0.993. The summed E-state index contributed by atoms with van der Waals surface area (Å²) in [5, 5.41) is 0. The Balaban J connectivity index is 1.95. The molecule has 16 heavy (non-hydrogen) atoms. The summed E-state index contributed by atoms with van der Waals surface area (Å²) >= 11 is 0. The van der Waals surface area contributed by atoms with Crippen LogP contribution >= 0.6 is 0 Å². The minimum atomic E-state index is 0.0348. The van der Waals surface area contributed by atoms with Crippen molar-refractivity contribution in [2.24, 2.45) is 5.92 Å². The molecule has 2 rings (SSSR count). The number of hydrogen-bond donors (Lipinski definition) is 0. The van der Waals surface area contributed by atoms with Crippen molar-refractivity contribution in [3.63, 3.8) is 0 Å². The maximum atomic E-state index is 12.2. The van der Waals surface area contributed by atoms with Crippen LogP contribution < -0.4 is 0 Å². The molecule has 2 unspecified atom stereocenters. The zero-order chi connectivity index (χ0) is 11.5. The fraction of sp³-hybridized carbons (Fsp3) is 0.833. The monoisotopic (exact) mass is 225 g/mol. The van der Waals surface area contributed by atoms with Crippen LogP contribution in [0.25, 0.3) is 0 Å². The van der Waals surface area contributed by atoms with E-state index in [2.05, 4.69) is 0 Å². The minimum absolute atomic E-state index is 0.0348. The Morgan fingerprint density at radius 3 is 2.81 bits per heavy atom. The summed E-state index contributed by atoms with van der Waals surface area (Å²) in [4.78, 5) is 25.2. The van der Waals surface area contributed by atoms with Gasteiger partial charge in [0.15, 0.2) is 0 Å². The summed E-state index contributed by atoms with van der Waals surface area (Å²) in [6.07, 6.45) is 3.34. The molecule has 2 heterocycles. The number of ether oxygens (including phenoxy) is 1. The third-order valence-electron chi connectivity index (χ3n) is 3.46. The molecule has 2 saturated heterocycles. The molecule has 2 fully saturated rings. The number of Topliss-reactive ketones (excluding diaryl/α,β-unsaturated/α-hetero) is 1. The predicted molar refractivity (Wildman–Crippen MR) is 59.0 cm³/mol. The van der Waals surface area contributed by atoms with Crippen molar-refractivity contribution in [2.75, 3.05) is 19.8 Å². The second-order valence-electron chi connectivity index (χ2n) is 4.79. The van der Waals surface area contributed by atoms with Crippen molar-refractivity contribution >= 4 is 11.7 Å². The third kappa shape index (κ3) is 2.43. The van der Waals surface area contributed by atoms with Crippen LogP contribution in [0.1, 0.15) is 32.6 Å². The Morgan fingerprint density at radius 2 is 2.19 bits per heavy atom. The highest BCUT2D eigenvalue weighted by Gasteiger charge is 2.34. The van der Waals surface area contributed by atoms with Crippen molar-refractivity contribution in [1.82, 2.24) is 4.90 Å². The smallest absolute Gasteiger partial charge is 0.228 e. The van der Waals surface area contributed by atoms with Crippen molar-refractivity contribution < 1.29 is 14.3 Å². The first kappa shape index (κ1) is 11.6. The molecule has 0 bridgehead atoms. The van der Waals surface area contributed by atoms with Gasteiger partial charge in [0.25, 0.3) is 0 Å². The first-order chi connectivity index (χ1) is 7.68. The van der Waals surface area contributed by atoms with E-state index in [-0.39, 0.29) is 23.7 Å². The van der Waals surface area contributed by atoms with Crippen molar-refractivity contribution in [3.05, 3.63) is 0 Å². The number of nitrogens with zero attached hydrogens (tertiary/aromatic N) is 1. The van der Waals surface area contributed by atoms with E-state index in [9.17, 15) is 9.59 Å². The van der Waals surface area contributed by atoms with Crippen LogP contribution in [0.3, 0.4) is 0 Å². The summed E-state index contributed by atoms with van der Waals surface area (Å²) in [5.41, 5.74) is 0. The molecule has 0 aromatic carbocycles. The molecule has 4 heteroatoms. The van der Waals surface area contributed by atoms with Crippen LogP contribution in [0.15, 0.2) is 0 Å². The van der Waals surface area contributed by atoms with Gasteiger partial charge in [-0.3, -0.25) is 9.59 Å². The van der Waals surface area contributed by atoms with Crippen LogP contribution in [-0.2, 0) is 14.3 Å². The van der Waals surface area contributed by atoms with E-state index < -0.39 is 0 Å². The van der Waals surface area contributed by atoms with Gasteiger partial charge in [-0.05, 0) is 26.2 Å². The summed E-state index contributed by atoms with van der Waals surface area (Å²) < 4.78 is 5.24. The normalized spacial score (nSPS) is 29.7. The van der Waals surface area contributed by atoms with Gasteiger partial charge in [-0.1, -0.05) is 0 Å². The van der Waals surface area contributed by atoms with Crippen LogP contribution in [0.5, 0.6) is 0 Å². The number of hydrogen-bond acceptors (Lipinski definition) is 3. The van der Waals surface area contributed by atoms with Gasteiger partial charge < -0.3 is 9.64 Å². The molecule has 2 aliphatic heterocycles. The Labute approximate surface area is 95.9 Å². The first-order valence-electron chi connectivity index (χ1n) is 6.06. The second-order valence-corrected chi connectivity index (χ2v) is 4.79. The highest BCUT2D eigenvalue weighted by atomic mass is 16.5. The summed E-state index contributed by atoms with van der Waals surface area (Å²) in [7, 11) is 0. The number of likely N-dealkylation sites (tertiary alicyclic amines) is 1. The molecule has 0 saturated carbocycles. The average molecular weight is 225 g/mol. The molecule has 2 atom stereocenters. The van der Waals surface area contributed by atoms with Crippen LogP contribution in [-0.4, -0.2) is 42.4 Å². The lowest BCUT2D eigenvalue weighted by Crippen LogP contribution is -2.40. The Hall–Kier alpha value is -0.900. The van der Waals surface area contributed by atoms with E-state index in [1.807, 2.05) is 4.90 Å². The first-order valence-corrected chi connectivity index (χ1v) is 6.06. The Morgan fingerprint density at radius 1 is 1.38 bits per heavy atom. The van der Waals surface area contributed by atoms with E-state index in [0.717, 1.165) is 25.8 Å². The third-order valence-corrected chi connectivity index (χ3v) is 3.46. The molecular formula is C12H19NO3. The van der Waals surface area contributed by atoms with Gasteiger partial charge in [-0.2, -0.15) is 0 Å². The van der Waals surface area contributed by atoms with E-state index in [4.69, 9.17) is 4.74 Å². The molecule has 90 valence electrons. The quantitative estimate of drug-likeness (QED) is 0.719. The molecule has 4 nitrogen and oxygen atoms in total. The molecule has 0 radical (unpaired) electrons. The van der Waals surface area contributed by atoms with Gasteiger partial charge in [-0.15, -0.1) is 0 Å². The highest BCUT2D eigenvalue weighted by molar-refractivity contribution is 5.81. The van der Waals surface area contributed by atoms with Gasteiger partial charge in [0.05, 0.1) is 12.5 Å². The van der Waals surface area contributed by atoms with Gasteiger partial charge in [0, 0.05) is 25.6 Å². The molecule has 0 spiro atoms. The number of carbonyl (C=O) groups excluding carboxylic acids is 2. The van der Waals surface area contributed by atoms with Gasteiger partial charge in [-0.25, -0.2) is 0 Å². The zero-order valence-corrected chi connectivity index (χ0v) is 9.78. The maximum absolute atomic E-state index is 12.2. The highest BCUT2D eigenvalue weighted by Crippen LogP contribution is 2.25. The maximum Gasteiger partial charge on any atom is 0.228 e. The SMILES string of the molecule is CC(=O)CC1CCCN1C(=O)C1CCOC1. The number of amides is 1. The molecule has 0 aromatic heterocycles. The second kappa shape index (κ2) is 4.95. The molecule has 0 aromatic rings. The van der Waals surface area contributed by atoms with Crippen LogP contribution in [0.2, 0.25) is 0 Å². The lowest BCUT2D eigenvalue weighted by atomic mass is 10.0. The van der Waals surface area contributed by atoms with E-state index in [0.29, 0.717) is 19.6 Å². The van der Waals surface area contributed by atoms with Gasteiger partial charge in [0.2, 0.25) is 5.91 Å². The van der Waals surface area contributed by atoms with Crippen LogP contribution in [0, 0.1) is 5.92 Å². The van der Waals surface area contributed by atoms with E-state index in [1.54, 1.807) is 6.92 Å². The number of rotatable bonds is 3. The fourth-order valence-electron chi connectivity index (χ4n) is 2.63. The summed E-state index contributed by atoms with van der Waals surface area (Å²) in [6, 6.07) is 0.144. The number of ketones is 1. The van der Waals surface area contributed by atoms with Crippen LogP contribution in [0.4, 0.5) is 0 Å². The van der Waals surface area contributed by atoms with Gasteiger partial charge in [0.1, 0.15) is 5.78 Å². The zero-order valence-electron chi connectivity index (χ0n) is 9.78. The molecule has 0 N–H and O–H groups in total. The topological polar surface area (TPSA) is 46.6 Å². The molecule has 1 amide bonds. The Bertz CT molecular complexity index is 284. The minimum Gasteiger partial charge on any atom is -0.381 e. The van der Waals surface area contributed by atoms with Crippen molar-refractivity contribution in [1.29, 1.82) is 0 Å². The Kier molecular flexibility index (Phi) is 3.59. The molecular weight excluding hydrogens is 206 g/mol. The van der Waals surface area contributed by atoms with E-state index >= 15 is 0 Å².